The molecular weight excluding hydrogens is 168 g/mol. The van der Waals surface area contributed by atoms with E-state index >= 15 is 0 Å². The maximum absolute atomic E-state index is 11.4. The molecule has 0 aromatic heterocycles. The summed E-state index contributed by atoms with van der Waals surface area (Å²) in [6, 6.07) is -0.655. The summed E-state index contributed by atoms with van der Waals surface area (Å²) >= 11 is 0. The van der Waals surface area contributed by atoms with Crippen molar-refractivity contribution in [2.45, 2.75) is 39.3 Å². The number of hydrogen-bond acceptors (Lipinski definition) is 3. The lowest BCUT2D eigenvalue weighted by Gasteiger charge is -2.19. The van der Waals surface area contributed by atoms with E-state index in [2.05, 4.69) is 5.32 Å². The molecule has 0 radical (unpaired) electrons. The lowest BCUT2D eigenvalue weighted by molar-refractivity contribution is -0.124. The Morgan fingerprint density at radius 2 is 2.08 bits per heavy atom. The molecule has 0 unspecified atom stereocenters. The van der Waals surface area contributed by atoms with E-state index in [-0.39, 0.29) is 24.5 Å². The van der Waals surface area contributed by atoms with Crippen LogP contribution in [0.5, 0.6) is 0 Å². The van der Waals surface area contributed by atoms with Crippen LogP contribution in [0.2, 0.25) is 0 Å². The van der Waals surface area contributed by atoms with Crippen molar-refractivity contribution in [3.63, 3.8) is 0 Å². The average molecular weight is 188 g/mol. The summed E-state index contributed by atoms with van der Waals surface area (Å²) in [6.45, 7) is 5.66. The highest BCUT2D eigenvalue weighted by atomic mass is 16.3. The molecule has 0 rings (SSSR count). The van der Waals surface area contributed by atoms with Gasteiger partial charge < -0.3 is 16.2 Å². The van der Waals surface area contributed by atoms with E-state index in [0.717, 1.165) is 0 Å². The summed E-state index contributed by atoms with van der Waals surface area (Å²) in [5.74, 6) is -0.0629. The van der Waals surface area contributed by atoms with Crippen LogP contribution in [0.25, 0.3) is 0 Å². The van der Waals surface area contributed by atoms with Crippen molar-refractivity contribution >= 4 is 5.91 Å². The van der Waals surface area contributed by atoms with E-state index in [0.29, 0.717) is 6.42 Å². The SMILES string of the molecule is CC[C@H](CO)NC(=O)[C@@H](N)C(C)C. The molecule has 0 aliphatic rings. The highest BCUT2D eigenvalue weighted by molar-refractivity contribution is 5.81. The van der Waals surface area contributed by atoms with Gasteiger partial charge in [-0.25, -0.2) is 0 Å². The van der Waals surface area contributed by atoms with Gasteiger partial charge >= 0.3 is 0 Å². The van der Waals surface area contributed by atoms with Crippen LogP contribution >= 0.6 is 0 Å². The van der Waals surface area contributed by atoms with Gasteiger partial charge in [0.05, 0.1) is 18.7 Å². The summed E-state index contributed by atoms with van der Waals surface area (Å²) in [6.07, 6.45) is 0.715. The van der Waals surface area contributed by atoms with Gasteiger partial charge in [-0.3, -0.25) is 4.79 Å². The summed E-state index contributed by atoms with van der Waals surface area (Å²) in [4.78, 5) is 11.4. The van der Waals surface area contributed by atoms with Crippen LogP contribution in [0.3, 0.4) is 0 Å². The Labute approximate surface area is 79.5 Å². The van der Waals surface area contributed by atoms with Crippen LogP contribution in [-0.2, 0) is 4.79 Å². The third-order valence-electron chi connectivity index (χ3n) is 2.08. The topological polar surface area (TPSA) is 75.3 Å². The fourth-order valence-electron chi connectivity index (χ4n) is 0.877. The number of amides is 1. The fraction of sp³-hybridized carbons (Fsp3) is 0.889. The molecule has 78 valence electrons. The number of carbonyl (C=O) groups excluding carboxylic acids is 1. The first-order valence-corrected chi connectivity index (χ1v) is 4.69. The van der Waals surface area contributed by atoms with E-state index < -0.39 is 6.04 Å². The van der Waals surface area contributed by atoms with Crippen LogP contribution in [-0.4, -0.2) is 29.7 Å². The van der Waals surface area contributed by atoms with E-state index in [9.17, 15) is 4.79 Å². The molecule has 0 fully saturated rings. The Balaban J connectivity index is 3.98. The molecule has 0 saturated carbocycles. The summed E-state index contributed by atoms with van der Waals surface area (Å²) in [7, 11) is 0. The van der Waals surface area contributed by atoms with Gasteiger partial charge in [0.2, 0.25) is 5.91 Å². The van der Waals surface area contributed by atoms with Crippen LogP contribution in [0.15, 0.2) is 0 Å². The molecule has 1 amide bonds. The van der Waals surface area contributed by atoms with Crippen molar-refractivity contribution in [1.82, 2.24) is 5.32 Å². The lowest BCUT2D eigenvalue weighted by Crippen LogP contribution is -2.48. The van der Waals surface area contributed by atoms with Crippen LogP contribution in [0.4, 0.5) is 0 Å². The quantitative estimate of drug-likeness (QED) is 0.562. The zero-order valence-corrected chi connectivity index (χ0v) is 8.58. The standard InChI is InChI=1S/C9H20N2O2/c1-4-7(5-12)11-9(13)8(10)6(2)3/h6-8,12H,4-5,10H2,1-3H3,(H,11,13)/t7-,8+/m1/s1. The Morgan fingerprint density at radius 3 is 2.38 bits per heavy atom. The van der Waals surface area contributed by atoms with Gasteiger partial charge in [-0.2, -0.15) is 0 Å². The number of aliphatic hydroxyl groups excluding tert-OH is 1. The summed E-state index contributed by atoms with van der Waals surface area (Å²) in [5.41, 5.74) is 5.62. The first-order chi connectivity index (χ1) is 6.02. The Hall–Kier alpha value is -0.610. The predicted molar refractivity (Wildman–Crippen MR) is 52.1 cm³/mol. The van der Waals surface area contributed by atoms with Crippen LogP contribution < -0.4 is 11.1 Å². The second kappa shape index (κ2) is 5.94. The minimum Gasteiger partial charge on any atom is -0.394 e. The minimum absolute atomic E-state index is 0.0347. The molecule has 4 nitrogen and oxygen atoms in total. The molecule has 13 heavy (non-hydrogen) atoms. The normalized spacial score (nSPS) is 15.5. The molecule has 0 heterocycles. The molecule has 0 aliphatic carbocycles. The number of carbonyl (C=O) groups is 1. The van der Waals surface area contributed by atoms with Gasteiger partial charge in [-0.15, -0.1) is 0 Å². The number of nitrogens with two attached hydrogens (primary N) is 1. The maximum Gasteiger partial charge on any atom is 0.237 e. The highest BCUT2D eigenvalue weighted by Gasteiger charge is 2.19. The molecule has 0 aliphatic heterocycles. The van der Waals surface area contributed by atoms with Crippen LogP contribution in [0.1, 0.15) is 27.2 Å². The van der Waals surface area contributed by atoms with E-state index in [1.807, 2.05) is 20.8 Å². The van der Waals surface area contributed by atoms with Crippen molar-refractivity contribution in [1.29, 1.82) is 0 Å². The van der Waals surface area contributed by atoms with Crippen molar-refractivity contribution in [3.05, 3.63) is 0 Å². The first-order valence-electron chi connectivity index (χ1n) is 4.69. The minimum atomic E-state index is -0.486. The zero-order chi connectivity index (χ0) is 10.4. The smallest absolute Gasteiger partial charge is 0.237 e. The fourth-order valence-corrected chi connectivity index (χ4v) is 0.877. The van der Waals surface area contributed by atoms with Gasteiger partial charge in [0.15, 0.2) is 0 Å². The zero-order valence-electron chi connectivity index (χ0n) is 8.58. The van der Waals surface area contributed by atoms with Gasteiger partial charge in [-0.1, -0.05) is 20.8 Å². The Kier molecular flexibility index (Phi) is 5.66. The number of hydrogen-bond donors (Lipinski definition) is 3. The van der Waals surface area contributed by atoms with E-state index in [1.165, 1.54) is 0 Å². The Morgan fingerprint density at radius 1 is 1.54 bits per heavy atom. The lowest BCUT2D eigenvalue weighted by atomic mass is 10.0. The van der Waals surface area contributed by atoms with E-state index in [4.69, 9.17) is 10.8 Å². The van der Waals surface area contributed by atoms with Gasteiger partial charge in [0, 0.05) is 0 Å². The third-order valence-corrected chi connectivity index (χ3v) is 2.08. The number of nitrogens with one attached hydrogen (secondary N) is 1. The van der Waals surface area contributed by atoms with Crippen molar-refractivity contribution in [2.75, 3.05) is 6.61 Å². The second-order valence-electron chi connectivity index (χ2n) is 3.57. The molecule has 2 atom stereocenters. The van der Waals surface area contributed by atoms with E-state index in [1.54, 1.807) is 0 Å². The summed E-state index contributed by atoms with van der Waals surface area (Å²) in [5, 5.41) is 11.5. The number of rotatable bonds is 5. The van der Waals surface area contributed by atoms with Gasteiger partial charge in [0.1, 0.15) is 0 Å². The van der Waals surface area contributed by atoms with Gasteiger partial charge in [0.25, 0.3) is 0 Å². The molecule has 0 spiro atoms. The second-order valence-corrected chi connectivity index (χ2v) is 3.57. The molecule has 0 aromatic rings. The molecule has 4 heteroatoms. The Bertz CT molecular complexity index is 156. The van der Waals surface area contributed by atoms with Crippen LogP contribution in [0, 0.1) is 5.92 Å². The molecule has 0 aromatic carbocycles. The molecule has 4 N–H and O–H groups in total. The van der Waals surface area contributed by atoms with Crippen molar-refractivity contribution in [3.8, 4) is 0 Å². The van der Waals surface area contributed by atoms with Crippen molar-refractivity contribution in [2.24, 2.45) is 11.7 Å². The first kappa shape index (κ1) is 12.4. The molecule has 0 bridgehead atoms. The predicted octanol–water partition coefficient (Wildman–Crippen LogP) is -0.143. The maximum atomic E-state index is 11.4. The third kappa shape index (κ3) is 4.24. The monoisotopic (exact) mass is 188 g/mol. The van der Waals surface area contributed by atoms with Gasteiger partial charge in [-0.05, 0) is 12.3 Å². The molecule has 0 saturated heterocycles. The summed E-state index contributed by atoms with van der Waals surface area (Å²) < 4.78 is 0. The average Bonchev–Trinajstić information content (AvgIpc) is 2.12. The largest absolute Gasteiger partial charge is 0.394 e. The van der Waals surface area contributed by atoms with Crippen molar-refractivity contribution < 1.29 is 9.90 Å². The number of aliphatic hydroxyl groups is 1. The highest BCUT2D eigenvalue weighted by Crippen LogP contribution is 1.99. The molecular formula is C9H20N2O2.